The van der Waals surface area contributed by atoms with E-state index in [1.807, 2.05) is 0 Å². The number of carbonyl (C=O) groups is 3. The number of ether oxygens (including phenoxy) is 3. The Morgan fingerprint density at radius 2 is 2.09 bits per heavy atom. The molecule has 8 nitrogen and oxygen atoms in total. The molecule has 2 aromatic rings. The minimum atomic E-state index is -0.465. The summed E-state index contributed by atoms with van der Waals surface area (Å²) in [6.07, 6.45) is 1.85. The summed E-state index contributed by atoms with van der Waals surface area (Å²) in [4.78, 5) is 38.7. The summed E-state index contributed by atoms with van der Waals surface area (Å²) < 4.78 is 29.6. The molecular weight excluding hydrogens is 419 g/mol. The standard InChI is InChI=1S/C23H23FN2O6/c24-16-3-1-4-17(10-16)31-13-20(27)15-6-7-21-19(9-15)26(23(29)14-32-21)12-22(28)25-11-18-5-2-8-30-18/h1,3-4,6-7,9-10,18H,2,5,8,11-14H2,(H,25,28)/t18-/m1/s1. The van der Waals surface area contributed by atoms with Gasteiger partial charge in [-0.2, -0.15) is 0 Å². The zero-order valence-corrected chi connectivity index (χ0v) is 17.3. The predicted octanol–water partition coefficient (Wildman–Crippen LogP) is 2.11. The third-order valence-corrected chi connectivity index (χ3v) is 5.24. The van der Waals surface area contributed by atoms with Gasteiger partial charge in [0.05, 0.1) is 11.8 Å². The molecule has 0 spiro atoms. The molecule has 2 aliphatic rings. The minimum Gasteiger partial charge on any atom is -0.485 e. The number of ketones is 1. The summed E-state index contributed by atoms with van der Waals surface area (Å²) in [5, 5.41) is 2.79. The Bertz CT molecular complexity index is 1020. The van der Waals surface area contributed by atoms with Crippen LogP contribution in [0.3, 0.4) is 0 Å². The SMILES string of the molecule is O=C(CN1C(=O)COc2ccc(C(=O)COc3cccc(F)c3)cc21)NC[C@H]1CCCO1. The maximum absolute atomic E-state index is 13.3. The fourth-order valence-corrected chi connectivity index (χ4v) is 3.57. The molecule has 0 aromatic heterocycles. The zero-order valence-electron chi connectivity index (χ0n) is 17.3. The molecule has 1 saturated heterocycles. The highest BCUT2D eigenvalue weighted by molar-refractivity contribution is 6.04. The highest BCUT2D eigenvalue weighted by Crippen LogP contribution is 2.33. The van der Waals surface area contributed by atoms with Crippen molar-refractivity contribution < 1.29 is 33.0 Å². The number of rotatable bonds is 8. The average Bonchev–Trinajstić information content (AvgIpc) is 3.31. The fourth-order valence-electron chi connectivity index (χ4n) is 3.57. The molecule has 0 bridgehead atoms. The molecule has 2 aromatic carbocycles. The highest BCUT2D eigenvalue weighted by atomic mass is 19.1. The predicted molar refractivity (Wildman–Crippen MR) is 112 cm³/mol. The van der Waals surface area contributed by atoms with Gasteiger partial charge in [-0.25, -0.2) is 4.39 Å². The van der Waals surface area contributed by atoms with Crippen LogP contribution in [-0.4, -0.2) is 56.6 Å². The van der Waals surface area contributed by atoms with Crippen molar-refractivity contribution in [1.82, 2.24) is 5.32 Å². The molecule has 1 atom stereocenters. The van der Waals surface area contributed by atoms with Gasteiger partial charge in [-0.1, -0.05) is 6.07 Å². The Morgan fingerprint density at radius 1 is 1.22 bits per heavy atom. The number of anilines is 1. The van der Waals surface area contributed by atoms with E-state index in [4.69, 9.17) is 14.2 Å². The number of halogens is 1. The van der Waals surface area contributed by atoms with E-state index in [1.165, 1.54) is 29.2 Å². The van der Waals surface area contributed by atoms with Gasteiger partial charge in [0.15, 0.2) is 19.0 Å². The molecule has 4 rings (SSSR count). The van der Waals surface area contributed by atoms with Crippen molar-refractivity contribution in [2.24, 2.45) is 0 Å². The van der Waals surface area contributed by atoms with Crippen LogP contribution in [0.4, 0.5) is 10.1 Å². The van der Waals surface area contributed by atoms with E-state index in [-0.39, 0.29) is 54.8 Å². The number of hydrogen-bond donors (Lipinski definition) is 1. The summed E-state index contributed by atoms with van der Waals surface area (Å²) in [5.41, 5.74) is 0.619. The van der Waals surface area contributed by atoms with Crippen molar-refractivity contribution in [3.8, 4) is 11.5 Å². The molecule has 2 amide bonds. The van der Waals surface area contributed by atoms with Crippen molar-refractivity contribution in [2.45, 2.75) is 18.9 Å². The zero-order chi connectivity index (χ0) is 22.5. The lowest BCUT2D eigenvalue weighted by molar-refractivity contribution is -0.125. The molecule has 0 unspecified atom stereocenters. The summed E-state index contributed by atoms with van der Waals surface area (Å²) in [6.45, 7) is 0.385. The summed E-state index contributed by atoms with van der Waals surface area (Å²) in [5.74, 6) is -0.901. The van der Waals surface area contributed by atoms with Crippen LogP contribution in [0.5, 0.6) is 11.5 Å². The van der Waals surface area contributed by atoms with Crippen LogP contribution in [-0.2, 0) is 14.3 Å². The van der Waals surface area contributed by atoms with Crippen molar-refractivity contribution in [1.29, 1.82) is 0 Å². The van der Waals surface area contributed by atoms with E-state index in [0.29, 0.717) is 24.6 Å². The van der Waals surface area contributed by atoms with Gasteiger partial charge in [0.2, 0.25) is 5.91 Å². The van der Waals surface area contributed by atoms with E-state index >= 15 is 0 Å². The van der Waals surface area contributed by atoms with Crippen LogP contribution in [0.25, 0.3) is 0 Å². The molecule has 1 N–H and O–H groups in total. The van der Waals surface area contributed by atoms with Crippen LogP contribution < -0.4 is 19.7 Å². The maximum atomic E-state index is 13.3. The first-order chi connectivity index (χ1) is 15.5. The maximum Gasteiger partial charge on any atom is 0.265 e. The number of fused-ring (bicyclic) bond motifs is 1. The van der Waals surface area contributed by atoms with Crippen LogP contribution >= 0.6 is 0 Å². The fraction of sp³-hybridized carbons (Fsp3) is 0.348. The van der Waals surface area contributed by atoms with Crippen molar-refractivity contribution in [3.05, 3.63) is 53.8 Å². The molecule has 2 heterocycles. The van der Waals surface area contributed by atoms with Gasteiger partial charge >= 0.3 is 0 Å². The Hall–Kier alpha value is -3.46. The molecule has 32 heavy (non-hydrogen) atoms. The number of hydrogen-bond acceptors (Lipinski definition) is 6. The van der Waals surface area contributed by atoms with Crippen molar-refractivity contribution in [2.75, 3.05) is 37.8 Å². The third-order valence-electron chi connectivity index (χ3n) is 5.24. The lowest BCUT2D eigenvalue weighted by Gasteiger charge is -2.29. The molecule has 0 radical (unpaired) electrons. The molecule has 9 heteroatoms. The molecular formula is C23H23FN2O6. The number of nitrogens with zero attached hydrogens (tertiary/aromatic N) is 1. The van der Waals surface area contributed by atoms with Crippen LogP contribution in [0.15, 0.2) is 42.5 Å². The average molecular weight is 442 g/mol. The Kier molecular flexibility index (Phi) is 6.65. The number of amides is 2. The van der Waals surface area contributed by atoms with Gasteiger partial charge in [-0.05, 0) is 43.2 Å². The second-order valence-corrected chi connectivity index (χ2v) is 7.56. The number of Topliss-reactive ketones (excluding diaryl/α,β-unsaturated/α-hetero) is 1. The normalized spacial score (nSPS) is 17.5. The van der Waals surface area contributed by atoms with Crippen molar-refractivity contribution in [3.63, 3.8) is 0 Å². The lowest BCUT2D eigenvalue weighted by atomic mass is 10.1. The molecule has 2 aliphatic heterocycles. The first-order valence-corrected chi connectivity index (χ1v) is 10.4. The number of benzene rings is 2. The third kappa shape index (κ3) is 5.23. The van der Waals surface area contributed by atoms with E-state index < -0.39 is 5.82 Å². The number of carbonyl (C=O) groups excluding carboxylic acids is 3. The van der Waals surface area contributed by atoms with Gasteiger partial charge in [0.1, 0.15) is 23.9 Å². The minimum absolute atomic E-state index is 0.00561. The Labute approximate surface area is 184 Å². The van der Waals surface area contributed by atoms with Gasteiger partial charge < -0.3 is 19.5 Å². The lowest BCUT2D eigenvalue weighted by Crippen LogP contribution is -2.46. The van der Waals surface area contributed by atoms with Crippen LogP contribution in [0.2, 0.25) is 0 Å². The Morgan fingerprint density at radius 3 is 2.88 bits per heavy atom. The summed E-state index contributed by atoms with van der Waals surface area (Å²) >= 11 is 0. The molecule has 0 saturated carbocycles. The van der Waals surface area contributed by atoms with E-state index in [0.717, 1.165) is 12.8 Å². The molecule has 0 aliphatic carbocycles. The molecule has 168 valence electrons. The second-order valence-electron chi connectivity index (χ2n) is 7.56. The largest absolute Gasteiger partial charge is 0.485 e. The second kappa shape index (κ2) is 9.78. The van der Waals surface area contributed by atoms with Crippen LogP contribution in [0, 0.1) is 5.82 Å². The first kappa shape index (κ1) is 21.8. The summed E-state index contributed by atoms with van der Waals surface area (Å²) in [7, 11) is 0. The highest BCUT2D eigenvalue weighted by Gasteiger charge is 2.28. The monoisotopic (exact) mass is 442 g/mol. The first-order valence-electron chi connectivity index (χ1n) is 10.4. The van der Waals surface area contributed by atoms with Gasteiger partial charge in [-0.3, -0.25) is 19.3 Å². The van der Waals surface area contributed by atoms with E-state index in [2.05, 4.69) is 5.32 Å². The van der Waals surface area contributed by atoms with Crippen LogP contribution in [0.1, 0.15) is 23.2 Å². The Balaban J connectivity index is 1.42. The van der Waals surface area contributed by atoms with E-state index in [9.17, 15) is 18.8 Å². The summed E-state index contributed by atoms with van der Waals surface area (Å²) in [6, 6.07) is 10.1. The quantitative estimate of drug-likeness (QED) is 0.630. The number of nitrogens with one attached hydrogen (secondary N) is 1. The van der Waals surface area contributed by atoms with Gasteiger partial charge in [0, 0.05) is 24.8 Å². The topological polar surface area (TPSA) is 94.2 Å². The smallest absolute Gasteiger partial charge is 0.265 e. The molecule has 1 fully saturated rings. The van der Waals surface area contributed by atoms with Crippen molar-refractivity contribution >= 4 is 23.3 Å². The van der Waals surface area contributed by atoms with E-state index in [1.54, 1.807) is 18.2 Å². The van der Waals surface area contributed by atoms with Gasteiger partial charge in [0.25, 0.3) is 5.91 Å². The van der Waals surface area contributed by atoms with Gasteiger partial charge in [-0.15, -0.1) is 0 Å².